The molecule has 0 heterocycles. The summed E-state index contributed by atoms with van der Waals surface area (Å²) in [6.07, 6.45) is 20.7. The fourth-order valence-corrected chi connectivity index (χ4v) is 4.56. The first-order valence-corrected chi connectivity index (χ1v) is 15.1. The molecule has 43 heavy (non-hydrogen) atoms. The van der Waals surface area contributed by atoms with Crippen molar-refractivity contribution >= 4 is 41.5 Å². The molecule has 0 saturated heterocycles. The minimum Gasteiger partial charge on any atom is -0.481 e. The largest absolute Gasteiger partial charge is 0.481 e. The summed E-state index contributed by atoms with van der Waals surface area (Å²) in [4.78, 5) is 57.8. The smallest absolute Gasteiger partial charge is 0.322 e. The number of thioether (sulfide) groups is 1. The molecule has 8 N–H and O–H groups in total. The van der Waals surface area contributed by atoms with Crippen LogP contribution in [0.4, 0.5) is 0 Å². The third-order valence-electron chi connectivity index (χ3n) is 5.67. The minimum atomic E-state index is -1.28. The van der Waals surface area contributed by atoms with Crippen molar-refractivity contribution in [3.8, 4) is 0 Å². The van der Waals surface area contributed by atoms with Crippen LogP contribution in [0.15, 0.2) is 60.8 Å². The van der Waals surface area contributed by atoms with Gasteiger partial charge in [-0.05, 0) is 38.5 Å². The normalized spacial score (nSPS) is 14.9. The Morgan fingerprint density at radius 3 is 2.12 bits per heavy atom. The number of aliphatic hydroxyl groups excluding tert-OH is 1. The minimum absolute atomic E-state index is 0.0590. The van der Waals surface area contributed by atoms with E-state index in [0.717, 1.165) is 31.0 Å². The zero-order valence-corrected chi connectivity index (χ0v) is 25.3. The van der Waals surface area contributed by atoms with Gasteiger partial charge in [-0.2, -0.15) is 0 Å². The zero-order valence-electron chi connectivity index (χ0n) is 24.5. The van der Waals surface area contributed by atoms with Gasteiger partial charge in [-0.15, -0.1) is 11.8 Å². The summed E-state index contributed by atoms with van der Waals surface area (Å²) in [6, 6.07) is -2.45. The molecule has 0 saturated carbocycles. The summed E-state index contributed by atoms with van der Waals surface area (Å²) in [5.74, 6) is -5.03. The highest BCUT2D eigenvalue weighted by molar-refractivity contribution is 8.00. The number of carboxylic acid groups (broad SMARTS) is 3. The first kappa shape index (κ1) is 39.3. The number of amides is 2. The summed E-state index contributed by atoms with van der Waals surface area (Å²) in [5.41, 5.74) is 5.43. The van der Waals surface area contributed by atoms with Crippen LogP contribution in [0.25, 0.3) is 0 Å². The Bertz CT molecular complexity index is 1020. The standard InChI is InChI=1S/C30H45N3O9S/c1-2-3-4-5-6-7-8-9-10-11-12-13-16-25(24(34)15-14-17-27(36)37)43-21-23(29(40)32-20-28(38)39)33-26(35)19-18-22(31)30(41)42/h3-4,6-7,9-13,16,22-25,34H,2,5,8,14-15,17-21,31H2,1H3,(H,32,40)(H,33,35)(H,36,37)(H,38,39)(H,41,42)/b4-3+,7-6+,10-9+,12-11+,16-13+/t22?,23?,24-,25+/m0/s1. The summed E-state index contributed by atoms with van der Waals surface area (Å²) in [5, 5.41) is 41.6. The Morgan fingerprint density at radius 1 is 0.837 bits per heavy atom. The molecule has 0 radical (unpaired) electrons. The Labute approximate surface area is 256 Å². The van der Waals surface area contributed by atoms with Gasteiger partial charge in [0.05, 0.1) is 6.10 Å². The van der Waals surface area contributed by atoms with E-state index in [-0.39, 0.29) is 37.9 Å². The maximum absolute atomic E-state index is 12.6. The van der Waals surface area contributed by atoms with Crippen LogP contribution in [0.1, 0.15) is 58.3 Å². The van der Waals surface area contributed by atoms with E-state index >= 15 is 0 Å². The van der Waals surface area contributed by atoms with Gasteiger partial charge in [-0.25, -0.2) is 0 Å². The van der Waals surface area contributed by atoms with Gasteiger partial charge in [0.1, 0.15) is 18.6 Å². The molecule has 0 bridgehead atoms. The number of carbonyl (C=O) groups is 5. The summed E-state index contributed by atoms with van der Waals surface area (Å²) in [6.45, 7) is 1.40. The number of carbonyl (C=O) groups excluding carboxylic acids is 2. The number of hydrogen-bond acceptors (Lipinski definition) is 8. The van der Waals surface area contributed by atoms with E-state index in [1.54, 1.807) is 18.2 Å². The van der Waals surface area contributed by atoms with Crippen molar-refractivity contribution in [2.24, 2.45) is 5.73 Å². The lowest BCUT2D eigenvalue weighted by Crippen LogP contribution is -2.50. The Balaban J connectivity index is 5.41. The first-order valence-electron chi connectivity index (χ1n) is 14.1. The second-order valence-electron chi connectivity index (χ2n) is 9.39. The number of allylic oxidation sites excluding steroid dienone is 9. The van der Waals surface area contributed by atoms with Crippen LogP contribution in [-0.2, 0) is 24.0 Å². The summed E-state index contributed by atoms with van der Waals surface area (Å²) >= 11 is 1.12. The van der Waals surface area contributed by atoms with Crippen LogP contribution in [0.2, 0.25) is 0 Å². The van der Waals surface area contributed by atoms with E-state index in [1.165, 1.54) is 0 Å². The van der Waals surface area contributed by atoms with Crippen molar-refractivity contribution < 1.29 is 44.4 Å². The molecule has 0 aromatic rings. The molecular formula is C30H45N3O9S. The number of nitrogens with two attached hydrogens (primary N) is 1. The molecule has 0 aliphatic rings. The van der Waals surface area contributed by atoms with Gasteiger partial charge in [0.2, 0.25) is 11.8 Å². The number of aliphatic carboxylic acids is 3. The Hall–Kier alpha value is -3.68. The van der Waals surface area contributed by atoms with Crippen molar-refractivity contribution in [2.75, 3.05) is 12.3 Å². The molecule has 0 spiro atoms. The highest BCUT2D eigenvalue weighted by atomic mass is 32.2. The van der Waals surface area contributed by atoms with Crippen molar-refractivity contribution in [1.82, 2.24) is 10.6 Å². The van der Waals surface area contributed by atoms with Crippen LogP contribution in [0, 0.1) is 0 Å². The third kappa shape index (κ3) is 22.6. The lowest BCUT2D eigenvalue weighted by molar-refractivity contribution is -0.139. The Morgan fingerprint density at radius 2 is 1.49 bits per heavy atom. The van der Waals surface area contributed by atoms with Crippen molar-refractivity contribution in [1.29, 1.82) is 0 Å². The summed E-state index contributed by atoms with van der Waals surface area (Å²) < 4.78 is 0. The van der Waals surface area contributed by atoms with Gasteiger partial charge in [-0.1, -0.05) is 67.7 Å². The van der Waals surface area contributed by atoms with Gasteiger partial charge in [0.15, 0.2) is 0 Å². The highest BCUT2D eigenvalue weighted by Crippen LogP contribution is 2.22. The van der Waals surface area contributed by atoms with E-state index in [1.807, 2.05) is 18.2 Å². The molecule has 0 aromatic heterocycles. The predicted octanol–water partition coefficient (Wildman–Crippen LogP) is 2.55. The maximum Gasteiger partial charge on any atom is 0.322 e. The molecule has 240 valence electrons. The average molecular weight is 624 g/mol. The number of aliphatic hydroxyl groups is 1. The van der Waals surface area contributed by atoms with Crippen LogP contribution >= 0.6 is 11.8 Å². The van der Waals surface area contributed by atoms with Crippen molar-refractivity contribution in [2.45, 2.75) is 81.7 Å². The van der Waals surface area contributed by atoms with E-state index in [4.69, 9.17) is 21.1 Å². The summed E-state index contributed by atoms with van der Waals surface area (Å²) in [7, 11) is 0. The monoisotopic (exact) mass is 623 g/mol. The van der Waals surface area contributed by atoms with E-state index < -0.39 is 59.7 Å². The molecule has 2 amide bonds. The second kappa shape index (κ2) is 24.9. The fraction of sp³-hybridized carbons (Fsp3) is 0.500. The second-order valence-corrected chi connectivity index (χ2v) is 10.6. The maximum atomic E-state index is 12.6. The van der Waals surface area contributed by atoms with Crippen molar-refractivity contribution in [3.05, 3.63) is 60.8 Å². The third-order valence-corrected chi connectivity index (χ3v) is 7.06. The molecular weight excluding hydrogens is 578 g/mol. The first-order chi connectivity index (χ1) is 20.5. The van der Waals surface area contributed by atoms with Gasteiger partial charge < -0.3 is 36.8 Å². The van der Waals surface area contributed by atoms with Crippen LogP contribution in [0.3, 0.4) is 0 Å². The van der Waals surface area contributed by atoms with E-state index in [0.29, 0.717) is 0 Å². The molecule has 0 rings (SSSR count). The van der Waals surface area contributed by atoms with Gasteiger partial charge in [-0.3, -0.25) is 24.0 Å². The van der Waals surface area contributed by atoms with Crippen molar-refractivity contribution in [3.63, 3.8) is 0 Å². The zero-order chi connectivity index (χ0) is 32.5. The predicted molar refractivity (Wildman–Crippen MR) is 166 cm³/mol. The molecule has 13 heteroatoms. The molecule has 2 unspecified atom stereocenters. The highest BCUT2D eigenvalue weighted by Gasteiger charge is 2.25. The molecule has 12 nitrogen and oxygen atoms in total. The SMILES string of the molecule is CC/C=C/C/C=C/C/C=C/C=C/C=C/[C@@H](SCC(NC(=O)CCC(N)C(=O)O)C(=O)NCC(=O)O)[C@@H](O)CCCC(=O)O. The molecule has 0 aliphatic heterocycles. The number of nitrogens with one attached hydrogen (secondary N) is 2. The topological polar surface area (TPSA) is 216 Å². The number of carboxylic acids is 3. The lowest BCUT2D eigenvalue weighted by Gasteiger charge is -2.23. The Kier molecular flexibility index (Phi) is 22.7. The lowest BCUT2D eigenvalue weighted by atomic mass is 10.1. The molecule has 0 aromatic carbocycles. The average Bonchev–Trinajstić information content (AvgIpc) is 2.95. The molecule has 4 atom stereocenters. The quantitative estimate of drug-likeness (QED) is 0.0612. The number of hydrogen-bond donors (Lipinski definition) is 7. The number of rotatable bonds is 24. The molecule has 0 aliphatic carbocycles. The van der Waals surface area contributed by atoms with Crippen LogP contribution in [-0.4, -0.2) is 85.9 Å². The van der Waals surface area contributed by atoms with Crippen LogP contribution < -0.4 is 16.4 Å². The van der Waals surface area contributed by atoms with Gasteiger partial charge in [0.25, 0.3) is 0 Å². The fourth-order valence-electron chi connectivity index (χ4n) is 3.35. The van der Waals surface area contributed by atoms with E-state index in [2.05, 4.69) is 41.9 Å². The van der Waals surface area contributed by atoms with Gasteiger partial charge >= 0.3 is 17.9 Å². The van der Waals surface area contributed by atoms with Crippen LogP contribution in [0.5, 0.6) is 0 Å². The van der Waals surface area contributed by atoms with E-state index in [9.17, 15) is 29.1 Å². The van der Waals surface area contributed by atoms with Gasteiger partial charge in [0, 0.05) is 23.8 Å². The molecule has 0 fully saturated rings.